The molecule has 0 spiro atoms. The molecule has 2 aromatic heterocycles. The van der Waals surface area contributed by atoms with E-state index in [0.29, 0.717) is 41.0 Å². The quantitative estimate of drug-likeness (QED) is 0.170. The number of nitrogens with one attached hydrogen (secondary N) is 1. The molecule has 1 atom stereocenters. The summed E-state index contributed by atoms with van der Waals surface area (Å²) in [6, 6.07) is 28.2. The van der Waals surface area contributed by atoms with Gasteiger partial charge in [0.25, 0.3) is 11.8 Å². The molecule has 2 amide bonds. The van der Waals surface area contributed by atoms with Crippen molar-refractivity contribution < 1.29 is 19.1 Å². The summed E-state index contributed by atoms with van der Waals surface area (Å²) in [6.07, 6.45) is 0.538. The van der Waals surface area contributed by atoms with Crippen molar-refractivity contribution in [3.8, 4) is 11.5 Å². The molecule has 1 aliphatic rings. The van der Waals surface area contributed by atoms with Crippen molar-refractivity contribution in [1.82, 2.24) is 25.1 Å². The van der Waals surface area contributed by atoms with Crippen LogP contribution < -0.4 is 14.8 Å². The number of thiophene rings is 1. The number of para-hydroxylation sites is 1. The first kappa shape index (κ1) is 31.1. The zero-order valence-electron chi connectivity index (χ0n) is 25.3. The van der Waals surface area contributed by atoms with Crippen LogP contribution in [0, 0.1) is 0 Å². The van der Waals surface area contributed by atoms with Crippen LogP contribution in [0.15, 0.2) is 107 Å². The van der Waals surface area contributed by atoms with Crippen LogP contribution >= 0.6 is 23.1 Å². The first-order valence-electron chi connectivity index (χ1n) is 14.6. The van der Waals surface area contributed by atoms with Gasteiger partial charge in [-0.25, -0.2) is 5.01 Å². The van der Waals surface area contributed by atoms with Gasteiger partial charge in [-0.15, -0.1) is 21.5 Å². The molecule has 10 nitrogen and oxygen atoms in total. The summed E-state index contributed by atoms with van der Waals surface area (Å²) < 4.78 is 13.2. The molecule has 46 heavy (non-hydrogen) atoms. The highest BCUT2D eigenvalue weighted by Gasteiger charge is 2.36. The van der Waals surface area contributed by atoms with Gasteiger partial charge >= 0.3 is 0 Å². The summed E-state index contributed by atoms with van der Waals surface area (Å²) in [4.78, 5) is 27.7. The van der Waals surface area contributed by atoms with Crippen molar-refractivity contribution in [1.29, 1.82) is 0 Å². The Morgan fingerprint density at radius 2 is 1.72 bits per heavy atom. The number of methoxy groups -OCH3 is 2. The van der Waals surface area contributed by atoms with E-state index in [1.165, 1.54) is 11.8 Å². The molecule has 0 saturated heterocycles. The minimum Gasteiger partial charge on any atom is -0.493 e. The van der Waals surface area contributed by atoms with Gasteiger partial charge in [0.05, 0.1) is 49.7 Å². The number of thioether (sulfide) groups is 1. The van der Waals surface area contributed by atoms with Gasteiger partial charge < -0.3 is 19.4 Å². The fourth-order valence-corrected chi connectivity index (χ4v) is 6.80. The number of hydrogen-bond donors (Lipinski definition) is 1. The van der Waals surface area contributed by atoms with Crippen LogP contribution in [0.1, 0.15) is 44.6 Å². The van der Waals surface area contributed by atoms with Gasteiger partial charge in [-0.05, 0) is 35.2 Å². The first-order valence-corrected chi connectivity index (χ1v) is 16.5. The number of rotatable bonds is 12. The number of carbonyl (C=O) groups excluding carboxylic acids is 2. The topological polar surface area (TPSA) is 111 Å². The summed E-state index contributed by atoms with van der Waals surface area (Å²) in [5.74, 6) is 1.44. The number of hydrogen-bond acceptors (Lipinski definition) is 9. The Morgan fingerprint density at radius 3 is 2.43 bits per heavy atom. The highest BCUT2D eigenvalue weighted by atomic mass is 32.2. The molecule has 0 radical (unpaired) electrons. The maximum atomic E-state index is 13.9. The van der Waals surface area contributed by atoms with Crippen molar-refractivity contribution in [2.24, 2.45) is 5.10 Å². The number of aromatic nitrogens is 3. The van der Waals surface area contributed by atoms with Crippen molar-refractivity contribution in [3.63, 3.8) is 0 Å². The normalized spacial score (nSPS) is 14.2. The molecule has 12 heteroatoms. The number of benzene rings is 3. The fraction of sp³-hybridized carbons (Fsp3) is 0.206. The number of hydrazone groups is 1. The molecule has 1 aliphatic heterocycles. The van der Waals surface area contributed by atoms with Gasteiger partial charge in [-0.1, -0.05) is 78.5 Å². The third-order valence-electron chi connectivity index (χ3n) is 7.51. The smallest absolute Gasteiger partial charge is 0.253 e. The predicted molar refractivity (Wildman–Crippen MR) is 179 cm³/mol. The number of ether oxygens (including phenoxy) is 2. The Morgan fingerprint density at radius 1 is 0.935 bits per heavy atom. The largest absolute Gasteiger partial charge is 0.493 e. The molecular formula is C34H32N6O4S2. The third-order valence-corrected chi connectivity index (χ3v) is 9.38. The van der Waals surface area contributed by atoms with Crippen molar-refractivity contribution >= 4 is 40.6 Å². The molecule has 234 valence electrons. The average molecular weight is 653 g/mol. The SMILES string of the molecule is COc1cccc(C2CC(c3cccs3)=NN2C(=O)CSc2nnc(CNC(=O)c3ccccc3)n2Cc2ccccc2)c1OC. The monoisotopic (exact) mass is 652 g/mol. The fourth-order valence-electron chi connectivity index (χ4n) is 5.27. The molecule has 0 fully saturated rings. The van der Waals surface area contributed by atoms with E-state index in [0.717, 1.165) is 21.7 Å². The Balaban J connectivity index is 1.24. The summed E-state index contributed by atoms with van der Waals surface area (Å²) in [6.45, 7) is 0.662. The maximum Gasteiger partial charge on any atom is 0.253 e. The van der Waals surface area contributed by atoms with E-state index >= 15 is 0 Å². The van der Waals surface area contributed by atoms with E-state index in [-0.39, 0.29) is 30.2 Å². The van der Waals surface area contributed by atoms with Crippen molar-refractivity contribution in [3.05, 3.63) is 124 Å². The van der Waals surface area contributed by atoms with E-state index in [2.05, 4.69) is 15.5 Å². The standard InChI is InChI=1S/C34H32N6O4S2/c1-43-28-16-9-15-25(32(28)44-2)27-19-26(29-17-10-18-45-29)38-40(27)31(41)22-46-34-37-36-30(39(34)21-23-11-5-3-6-12-23)20-35-33(42)24-13-7-4-8-14-24/h3-18,27H,19-22H2,1-2H3,(H,35,42). The van der Waals surface area contributed by atoms with Crippen molar-refractivity contribution in [2.75, 3.05) is 20.0 Å². The molecular weight excluding hydrogens is 621 g/mol. The summed E-state index contributed by atoms with van der Waals surface area (Å²) in [5, 5.41) is 20.7. The number of carbonyl (C=O) groups is 2. The van der Waals surface area contributed by atoms with E-state index in [1.807, 2.05) is 88.8 Å². The molecule has 3 aromatic carbocycles. The highest BCUT2D eigenvalue weighted by molar-refractivity contribution is 7.99. The Labute approximate surface area is 275 Å². The zero-order chi connectivity index (χ0) is 31.9. The van der Waals surface area contributed by atoms with Gasteiger partial charge in [0.1, 0.15) is 0 Å². The zero-order valence-corrected chi connectivity index (χ0v) is 27.0. The highest BCUT2D eigenvalue weighted by Crippen LogP contribution is 2.42. The molecule has 6 rings (SSSR count). The average Bonchev–Trinajstić information content (AvgIpc) is 3.87. The molecule has 1 N–H and O–H groups in total. The van der Waals surface area contributed by atoms with Gasteiger partial charge in [0.15, 0.2) is 22.5 Å². The third kappa shape index (κ3) is 6.82. The summed E-state index contributed by atoms with van der Waals surface area (Å²) in [7, 11) is 3.19. The van der Waals surface area contributed by atoms with Gasteiger partial charge in [0.2, 0.25) is 0 Å². The van der Waals surface area contributed by atoms with Gasteiger partial charge in [0, 0.05) is 17.5 Å². The molecule has 3 heterocycles. The molecule has 0 aliphatic carbocycles. The maximum absolute atomic E-state index is 13.9. The molecule has 1 unspecified atom stereocenters. The first-order chi connectivity index (χ1) is 22.6. The lowest BCUT2D eigenvalue weighted by Gasteiger charge is -2.24. The van der Waals surface area contributed by atoms with Gasteiger partial charge in [-0.2, -0.15) is 5.10 Å². The number of nitrogens with zero attached hydrogens (tertiary/aromatic N) is 5. The van der Waals surface area contributed by atoms with Crippen LogP contribution in [-0.2, 0) is 17.9 Å². The summed E-state index contributed by atoms with van der Waals surface area (Å²) in [5.41, 5.74) is 3.26. The van der Waals surface area contributed by atoms with Crippen LogP contribution in [0.25, 0.3) is 0 Å². The van der Waals surface area contributed by atoms with E-state index in [4.69, 9.17) is 14.6 Å². The lowest BCUT2D eigenvalue weighted by atomic mass is 9.99. The van der Waals surface area contributed by atoms with Gasteiger partial charge in [-0.3, -0.25) is 9.59 Å². The second-order valence-corrected chi connectivity index (χ2v) is 12.3. The van der Waals surface area contributed by atoms with Crippen LogP contribution in [0.3, 0.4) is 0 Å². The minimum absolute atomic E-state index is 0.0767. The Hall–Kier alpha value is -4.94. The second-order valence-electron chi connectivity index (χ2n) is 10.4. The molecule has 0 bridgehead atoms. The van der Waals surface area contributed by atoms with Crippen LogP contribution in [0.4, 0.5) is 0 Å². The Kier molecular flexibility index (Phi) is 9.75. The van der Waals surface area contributed by atoms with Crippen LogP contribution in [0.5, 0.6) is 11.5 Å². The molecule has 0 saturated carbocycles. The minimum atomic E-state index is -0.374. The van der Waals surface area contributed by atoms with E-state index < -0.39 is 0 Å². The predicted octanol–water partition coefficient (Wildman–Crippen LogP) is 5.81. The lowest BCUT2D eigenvalue weighted by Crippen LogP contribution is -2.29. The molecule has 5 aromatic rings. The van der Waals surface area contributed by atoms with E-state index in [1.54, 1.807) is 42.7 Å². The van der Waals surface area contributed by atoms with E-state index in [9.17, 15) is 9.59 Å². The van der Waals surface area contributed by atoms with Crippen LogP contribution in [0.2, 0.25) is 0 Å². The second kappa shape index (κ2) is 14.4. The van der Waals surface area contributed by atoms with Crippen LogP contribution in [-0.4, -0.2) is 57.3 Å². The number of amides is 2. The lowest BCUT2D eigenvalue weighted by molar-refractivity contribution is -0.130. The summed E-state index contributed by atoms with van der Waals surface area (Å²) >= 11 is 2.88. The van der Waals surface area contributed by atoms with Crippen molar-refractivity contribution in [2.45, 2.75) is 30.7 Å². The Bertz CT molecular complexity index is 1830.